The maximum atomic E-state index is 14.0. The van der Waals surface area contributed by atoms with Crippen LogP contribution in [0.5, 0.6) is 0 Å². The van der Waals surface area contributed by atoms with E-state index in [4.69, 9.17) is 5.11 Å². The quantitative estimate of drug-likeness (QED) is 0.829. The van der Waals surface area contributed by atoms with Gasteiger partial charge in [0.15, 0.2) is 23.9 Å². The van der Waals surface area contributed by atoms with Crippen LogP contribution in [0.25, 0.3) is 10.9 Å². The number of H-pyrrole nitrogens is 1. The fourth-order valence-electron chi connectivity index (χ4n) is 3.33. The van der Waals surface area contributed by atoms with Crippen molar-refractivity contribution >= 4 is 28.6 Å². The first kappa shape index (κ1) is 17.1. The van der Waals surface area contributed by atoms with E-state index in [2.05, 4.69) is 4.98 Å². The summed E-state index contributed by atoms with van der Waals surface area (Å²) in [6, 6.07) is 5.22. The minimum atomic E-state index is -2.21. The van der Waals surface area contributed by atoms with E-state index in [-0.39, 0.29) is 17.9 Å². The zero-order valence-corrected chi connectivity index (χ0v) is 13.3. The number of benzene rings is 1. The molecule has 0 spiro atoms. The van der Waals surface area contributed by atoms with Crippen LogP contribution in [0.4, 0.5) is 13.6 Å². The van der Waals surface area contributed by atoms with Gasteiger partial charge in [0.05, 0.1) is 6.54 Å². The number of Topliss-reactive ketones (excluding diaryl/α,β-unsaturated/α-hetero) is 2. The van der Waals surface area contributed by atoms with Gasteiger partial charge in [0.1, 0.15) is 6.04 Å². The molecule has 1 aromatic heterocycles. The van der Waals surface area contributed by atoms with Gasteiger partial charge in [-0.1, -0.05) is 18.2 Å². The summed E-state index contributed by atoms with van der Waals surface area (Å²) in [6.07, 6.45) is -6.19. The summed E-state index contributed by atoms with van der Waals surface area (Å²) in [5.41, 5.74) is 1.21. The molecule has 1 aromatic carbocycles. The van der Waals surface area contributed by atoms with Gasteiger partial charge in [-0.2, -0.15) is 0 Å². The maximum Gasteiger partial charge on any atom is 0.408 e. The maximum absolute atomic E-state index is 14.0. The summed E-state index contributed by atoms with van der Waals surface area (Å²) < 4.78 is 27.6. The highest BCUT2D eigenvalue weighted by molar-refractivity contribution is 6.09. The molecule has 2 N–H and O–H groups in total. The lowest BCUT2D eigenvalue weighted by molar-refractivity contribution is -0.123. The van der Waals surface area contributed by atoms with Crippen LogP contribution in [0.1, 0.15) is 23.0 Å². The average molecular weight is 350 g/mol. The largest absolute Gasteiger partial charge is 0.465 e. The van der Waals surface area contributed by atoms with Crippen molar-refractivity contribution in [3.63, 3.8) is 0 Å². The average Bonchev–Trinajstić information content (AvgIpc) is 3.05. The summed E-state index contributed by atoms with van der Waals surface area (Å²) in [5.74, 6) is -1.06. The number of nitrogens with one attached hydrogen (secondary N) is 1. The number of aromatic nitrogens is 1. The molecule has 0 unspecified atom stereocenters. The topological polar surface area (TPSA) is 90.5 Å². The fraction of sp³-hybridized carbons (Fsp3) is 0.353. The summed E-state index contributed by atoms with van der Waals surface area (Å²) >= 11 is 0. The van der Waals surface area contributed by atoms with E-state index in [0.29, 0.717) is 21.4 Å². The number of aromatic amines is 1. The van der Waals surface area contributed by atoms with Crippen LogP contribution in [0.15, 0.2) is 24.3 Å². The van der Waals surface area contributed by atoms with Crippen molar-refractivity contribution in [1.29, 1.82) is 0 Å². The molecule has 1 aliphatic heterocycles. The van der Waals surface area contributed by atoms with Crippen molar-refractivity contribution < 1.29 is 28.3 Å². The number of nitrogens with zero attached hydrogens (tertiary/aromatic N) is 1. The molecule has 1 saturated heterocycles. The molecule has 2 heterocycles. The molecule has 0 radical (unpaired) electrons. The number of carboxylic acid groups (broad SMARTS) is 1. The Morgan fingerprint density at radius 3 is 2.60 bits per heavy atom. The van der Waals surface area contributed by atoms with E-state index in [1.165, 1.54) is 6.92 Å². The van der Waals surface area contributed by atoms with E-state index in [0.717, 1.165) is 0 Å². The van der Waals surface area contributed by atoms with Crippen LogP contribution >= 0.6 is 0 Å². The van der Waals surface area contributed by atoms with Gasteiger partial charge in [0, 0.05) is 28.6 Å². The van der Waals surface area contributed by atoms with Crippen molar-refractivity contribution in [3.8, 4) is 0 Å². The van der Waals surface area contributed by atoms with Crippen LogP contribution in [0, 0.1) is 0 Å². The molecule has 8 heteroatoms. The smallest absolute Gasteiger partial charge is 0.408 e. The lowest BCUT2D eigenvalue weighted by Crippen LogP contribution is -2.44. The summed E-state index contributed by atoms with van der Waals surface area (Å²) in [7, 11) is 0. The summed E-state index contributed by atoms with van der Waals surface area (Å²) in [6.45, 7) is 0.664. The molecule has 1 aliphatic rings. The molecular weight excluding hydrogens is 334 g/mol. The first-order chi connectivity index (χ1) is 11.8. The Morgan fingerprint density at radius 2 is 1.96 bits per heavy atom. The number of halogens is 2. The number of hydrogen-bond acceptors (Lipinski definition) is 3. The van der Waals surface area contributed by atoms with Crippen LogP contribution in [0.3, 0.4) is 0 Å². The second kappa shape index (κ2) is 6.27. The molecule has 0 saturated carbocycles. The van der Waals surface area contributed by atoms with E-state index in [1.807, 2.05) is 0 Å². The first-order valence-electron chi connectivity index (χ1n) is 7.72. The van der Waals surface area contributed by atoms with Crippen LogP contribution in [-0.4, -0.2) is 57.6 Å². The van der Waals surface area contributed by atoms with E-state index >= 15 is 0 Å². The normalized spacial score (nSPS) is 23.2. The first-order valence-corrected chi connectivity index (χ1v) is 7.72. The lowest BCUT2D eigenvalue weighted by atomic mass is 9.99. The Morgan fingerprint density at radius 1 is 1.28 bits per heavy atom. The molecule has 3 atom stereocenters. The van der Waals surface area contributed by atoms with Gasteiger partial charge in [0.25, 0.3) is 0 Å². The molecule has 1 amide bonds. The number of amides is 1. The lowest BCUT2D eigenvalue weighted by Gasteiger charge is -2.20. The third-order valence-electron chi connectivity index (χ3n) is 4.42. The highest BCUT2D eigenvalue weighted by atomic mass is 19.2. The molecule has 0 aliphatic carbocycles. The van der Waals surface area contributed by atoms with Crippen LogP contribution in [0.2, 0.25) is 0 Å². The summed E-state index contributed by atoms with van der Waals surface area (Å²) in [4.78, 5) is 39.0. The third-order valence-corrected chi connectivity index (χ3v) is 4.42. The van der Waals surface area contributed by atoms with Gasteiger partial charge < -0.3 is 10.1 Å². The molecular formula is C17H16F2N2O4. The fourth-order valence-corrected chi connectivity index (χ4v) is 3.33. The van der Waals surface area contributed by atoms with Crippen LogP contribution < -0.4 is 0 Å². The number of para-hydroxylation sites is 1. The van der Waals surface area contributed by atoms with Crippen molar-refractivity contribution in [2.45, 2.75) is 31.7 Å². The third kappa shape index (κ3) is 2.88. The Labute approximate surface area is 141 Å². The molecule has 6 nitrogen and oxygen atoms in total. The number of hydrogen-bond donors (Lipinski definition) is 2. The Hall–Kier alpha value is -2.77. The number of carbonyl (C=O) groups excluding carboxylic acids is 2. The molecule has 132 valence electrons. The Balaban J connectivity index is 1.95. The number of alkyl halides is 2. The second-order valence-corrected chi connectivity index (χ2v) is 6.06. The van der Waals surface area contributed by atoms with Crippen molar-refractivity contribution in [1.82, 2.24) is 9.88 Å². The van der Waals surface area contributed by atoms with Gasteiger partial charge in [-0.25, -0.2) is 13.6 Å². The van der Waals surface area contributed by atoms with E-state index in [1.54, 1.807) is 24.3 Å². The van der Waals surface area contributed by atoms with Gasteiger partial charge in [0.2, 0.25) is 0 Å². The minimum Gasteiger partial charge on any atom is -0.465 e. The predicted molar refractivity (Wildman–Crippen MR) is 85.3 cm³/mol. The predicted octanol–water partition coefficient (Wildman–Crippen LogP) is 2.52. The Bertz CT molecular complexity index is 863. The molecule has 0 bridgehead atoms. The van der Waals surface area contributed by atoms with Crippen molar-refractivity contribution in [2.75, 3.05) is 6.54 Å². The summed E-state index contributed by atoms with van der Waals surface area (Å²) in [5, 5.41) is 9.69. The number of likely N-dealkylation sites (tertiary alicyclic amines) is 1. The van der Waals surface area contributed by atoms with Crippen molar-refractivity contribution in [2.24, 2.45) is 0 Å². The number of ketones is 2. The Kier molecular flexibility index (Phi) is 4.28. The van der Waals surface area contributed by atoms with Gasteiger partial charge in [-0.15, -0.1) is 0 Å². The molecule has 3 rings (SSSR count). The van der Waals surface area contributed by atoms with E-state index < -0.39 is 36.8 Å². The highest BCUT2D eigenvalue weighted by Crippen LogP contribution is 2.28. The monoisotopic (exact) mass is 350 g/mol. The number of fused-ring (bicyclic) bond motifs is 1. The highest BCUT2D eigenvalue weighted by Gasteiger charge is 2.48. The second-order valence-electron chi connectivity index (χ2n) is 6.06. The number of carbonyl (C=O) groups is 3. The van der Waals surface area contributed by atoms with Crippen LogP contribution in [-0.2, 0) is 11.2 Å². The molecule has 2 aromatic rings. The zero-order chi connectivity index (χ0) is 18.3. The standard InChI is InChI=1S/C17H16F2N2O4/c1-8(22)14-9-4-2-3-5-11(9)20-12(14)6-13(23)16-15(19)10(18)7-21(16)17(24)25/h2-5,10,15-16,20H,6-7H2,1H3,(H,24,25)/t10-,15+,16-/m0/s1. The molecule has 25 heavy (non-hydrogen) atoms. The minimum absolute atomic E-state index is 0.276. The van der Waals surface area contributed by atoms with Crippen molar-refractivity contribution in [3.05, 3.63) is 35.5 Å². The van der Waals surface area contributed by atoms with E-state index in [9.17, 15) is 23.2 Å². The number of rotatable bonds is 4. The van der Waals surface area contributed by atoms with Gasteiger partial charge >= 0.3 is 6.09 Å². The van der Waals surface area contributed by atoms with Gasteiger partial charge in [-0.05, 0) is 13.0 Å². The zero-order valence-electron chi connectivity index (χ0n) is 13.3. The van der Waals surface area contributed by atoms with Gasteiger partial charge in [-0.3, -0.25) is 14.5 Å². The SMILES string of the molecule is CC(=O)c1c(CC(=O)[C@H]2[C@H](F)[C@@H](F)CN2C(=O)O)[nH]c2ccccc12. The molecule has 1 fully saturated rings.